The molecule has 1 N–H and O–H groups in total. The summed E-state index contributed by atoms with van der Waals surface area (Å²) in [6.07, 6.45) is -0.306. The molecule has 0 saturated carbocycles. The molecule has 1 unspecified atom stereocenters. The van der Waals surface area contributed by atoms with Gasteiger partial charge in [-0.3, -0.25) is 4.79 Å². The van der Waals surface area contributed by atoms with Gasteiger partial charge in [0, 0.05) is 23.0 Å². The van der Waals surface area contributed by atoms with Crippen LogP contribution in [-0.2, 0) is 4.79 Å². The maximum atomic E-state index is 12.3. The number of nitrogens with one attached hydrogen (secondary N) is 1. The summed E-state index contributed by atoms with van der Waals surface area (Å²) in [7, 11) is 0. The van der Waals surface area contributed by atoms with Crippen LogP contribution >= 0.6 is 11.6 Å². The van der Waals surface area contributed by atoms with E-state index in [4.69, 9.17) is 11.6 Å². The van der Waals surface area contributed by atoms with Crippen molar-refractivity contribution in [3.05, 3.63) is 70.2 Å². The molecular weight excluding hydrogens is 302 g/mol. The highest BCUT2D eigenvalue weighted by Gasteiger charge is 2.17. The number of benzene rings is 2. The van der Waals surface area contributed by atoms with Gasteiger partial charge in [-0.1, -0.05) is 41.9 Å². The smallest absolute Gasteiger partial charge is 0.252 e. The van der Waals surface area contributed by atoms with Crippen molar-refractivity contribution >= 4 is 23.5 Å². The summed E-state index contributed by atoms with van der Waals surface area (Å²) in [5, 5.41) is 14.2. The average molecular weight is 317 g/mol. The summed E-state index contributed by atoms with van der Waals surface area (Å²) in [4.78, 5) is 23.3. The van der Waals surface area contributed by atoms with E-state index < -0.39 is 12.0 Å². The minimum Gasteiger partial charge on any atom is -0.550 e. The largest absolute Gasteiger partial charge is 0.550 e. The van der Waals surface area contributed by atoms with Crippen LogP contribution in [0.4, 0.5) is 0 Å². The maximum Gasteiger partial charge on any atom is 0.252 e. The van der Waals surface area contributed by atoms with Crippen LogP contribution in [0.1, 0.15) is 33.9 Å². The molecule has 0 aliphatic carbocycles. The number of carboxylic acids is 1. The van der Waals surface area contributed by atoms with Gasteiger partial charge in [-0.05, 0) is 36.2 Å². The van der Waals surface area contributed by atoms with E-state index >= 15 is 0 Å². The molecule has 0 radical (unpaired) electrons. The molecule has 0 aromatic heterocycles. The van der Waals surface area contributed by atoms with Crippen molar-refractivity contribution in [1.82, 2.24) is 5.32 Å². The van der Waals surface area contributed by atoms with E-state index in [1.54, 1.807) is 36.4 Å². The van der Waals surface area contributed by atoms with Crippen LogP contribution < -0.4 is 10.4 Å². The first-order valence-electron chi connectivity index (χ1n) is 6.79. The van der Waals surface area contributed by atoms with E-state index in [-0.39, 0.29) is 12.3 Å². The van der Waals surface area contributed by atoms with Crippen LogP contribution in [0.25, 0.3) is 0 Å². The zero-order valence-electron chi connectivity index (χ0n) is 12.0. The lowest BCUT2D eigenvalue weighted by Crippen LogP contribution is -2.34. The Morgan fingerprint density at radius 2 is 1.77 bits per heavy atom. The molecule has 1 amide bonds. The number of carboxylic acid groups (broad SMARTS) is 1. The third-order valence-corrected chi connectivity index (χ3v) is 3.59. The van der Waals surface area contributed by atoms with Gasteiger partial charge in [-0.15, -0.1) is 0 Å². The van der Waals surface area contributed by atoms with E-state index in [0.717, 1.165) is 5.56 Å². The molecule has 2 rings (SSSR count). The minimum absolute atomic E-state index is 0.306. The normalized spacial score (nSPS) is 11.7. The van der Waals surface area contributed by atoms with Gasteiger partial charge in [0.1, 0.15) is 0 Å². The molecule has 22 heavy (non-hydrogen) atoms. The number of rotatable bonds is 5. The molecular formula is C17H15ClNO3-. The number of aryl methyl sites for hydroxylation is 1. The van der Waals surface area contributed by atoms with Crippen molar-refractivity contribution in [3.63, 3.8) is 0 Å². The van der Waals surface area contributed by atoms with Crippen LogP contribution in [0.15, 0.2) is 48.5 Å². The van der Waals surface area contributed by atoms with Crippen molar-refractivity contribution in [2.75, 3.05) is 0 Å². The number of hydrogen-bond acceptors (Lipinski definition) is 3. The Bertz CT molecular complexity index is 683. The first-order chi connectivity index (χ1) is 10.5. The monoisotopic (exact) mass is 316 g/mol. The Kier molecular flexibility index (Phi) is 5.17. The third-order valence-electron chi connectivity index (χ3n) is 3.34. The van der Waals surface area contributed by atoms with E-state index in [2.05, 4.69) is 5.32 Å². The number of carbonyl (C=O) groups excluding carboxylic acids is 2. The average Bonchev–Trinajstić information content (AvgIpc) is 2.47. The lowest BCUT2D eigenvalue weighted by atomic mass is 10.0. The molecule has 1 atom stereocenters. The minimum atomic E-state index is -1.23. The molecule has 0 aliphatic rings. The number of hydrogen-bond donors (Lipinski definition) is 1. The van der Waals surface area contributed by atoms with Gasteiger partial charge in [0.2, 0.25) is 0 Å². The molecule has 0 saturated heterocycles. The fourth-order valence-corrected chi connectivity index (χ4v) is 2.30. The lowest BCUT2D eigenvalue weighted by Gasteiger charge is -2.20. The number of aliphatic carboxylic acids is 1. The molecule has 4 nitrogen and oxygen atoms in total. The molecule has 2 aromatic carbocycles. The Morgan fingerprint density at radius 3 is 2.36 bits per heavy atom. The lowest BCUT2D eigenvalue weighted by molar-refractivity contribution is -0.306. The van der Waals surface area contributed by atoms with Gasteiger partial charge in [0.25, 0.3) is 5.91 Å². The third kappa shape index (κ3) is 4.09. The van der Waals surface area contributed by atoms with Crippen molar-refractivity contribution < 1.29 is 14.7 Å². The van der Waals surface area contributed by atoms with E-state index in [1.165, 1.54) is 0 Å². The van der Waals surface area contributed by atoms with Gasteiger partial charge >= 0.3 is 0 Å². The topological polar surface area (TPSA) is 69.2 Å². The second-order valence-electron chi connectivity index (χ2n) is 4.97. The second kappa shape index (κ2) is 7.09. The summed E-state index contributed by atoms with van der Waals surface area (Å²) in [5.74, 6) is -1.55. The van der Waals surface area contributed by atoms with Gasteiger partial charge < -0.3 is 15.2 Å². The highest BCUT2D eigenvalue weighted by Crippen LogP contribution is 2.20. The van der Waals surface area contributed by atoms with E-state index in [1.807, 2.05) is 19.1 Å². The summed E-state index contributed by atoms with van der Waals surface area (Å²) in [5.41, 5.74) is 2.00. The highest BCUT2D eigenvalue weighted by molar-refractivity contribution is 6.30. The Labute approximate surface area is 133 Å². The zero-order chi connectivity index (χ0) is 16.1. The van der Waals surface area contributed by atoms with Gasteiger partial charge in [0.15, 0.2) is 0 Å². The van der Waals surface area contributed by atoms with Gasteiger partial charge in [-0.2, -0.15) is 0 Å². The summed E-state index contributed by atoms with van der Waals surface area (Å²) in [6.45, 7) is 1.82. The Hall–Kier alpha value is -2.33. The predicted molar refractivity (Wildman–Crippen MR) is 82.5 cm³/mol. The van der Waals surface area contributed by atoms with Crippen LogP contribution in [0.5, 0.6) is 0 Å². The fourth-order valence-electron chi connectivity index (χ4n) is 2.18. The summed E-state index contributed by atoms with van der Waals surface area (Å²) in [6, 6.07) is 13.1. The second-order valence-corrected chi connectivity index (χ2v) is 5.41. The fraction of sp³-hybridized carbons (Fsp3) is 0.176. The van der Waals surface area contributed by atoms with Gasteiger partial charge in [0.05, 0.1) is 6.04 Å². The SMILES string of the molecule is Cc1ccccc1C(=O)NC(CC(=O)[O-])c1ccc(Cl)cc1. The van der Waals surface area contributed by atoms with Crippen molar-refractivity contribution in [3.8, 4) is 0 Å². The summed E-state index contributed by atoms with van der Waals surface area (Å²) >= 11 is 5.83. The van der Waals surface area contributed by atoms with Crippen molar-refractivity contribution in [2.24, 2.45) is 0 Å². The van der Waals surface area contributed by atoms with Crippen LogP contribution in [0.2, 0.25) is 5.02 Å². The Balaban J connectivity index is 2.23. The van der Waals surface area contributed by atoms with E-state index in [9.17, 15) is 14.7 Å². The molecule has 2 aromatic rings. The molecule has 0 spiro atoms. The van der Waals surface area contributed by atoms with Crippen molar-refractivity contribution in [2.45, 2.75) is 19.4 Å². The number of halogens is 1. The first-order valence-corrected chi connectivity index (χ1v) is 7.17. The van der Waals surface area contributed by atoms with Crippen LogP contribution in [0, 0.1) is 6.92 Å². The quantitative estimate of drug-likeness (QED) is 0.920. The van der Waals surface area contributed by atoms with Crippen molar-refractivity contribution in [1.29, 1.82) is 0 Å². The highest BCUT2D eigenvalue weighted by atomic mass is 35.5. The van der Waals surface area contributed by atoms with E-state index in [0.29, 0.717) is 16.1 Å². The number of carbonyl (C=O) groups is 2. The molecule has 0 fully saturated rings. The zero-order valence-corrected chi connectivity index (χ0v) is 12.8. The number of amides is 1. The molecule has 0 aliphatic heterocycles. The molecule has 0 heterocycles. The molecule has 0 bridgehead atoms. The van der Waals surface area contributed by atoms with Crippen LogP contribution in [-0.4, -0.2) is 11.9 Å². The van der Waals surface area contributed by atoms with Gasteiger partial charge in [-0.25, -0.2) is 0 Å². The standard InChI is InChI=1S/C17H16ClNO3/c1-11-4-2-3-5-14(11)17(22)19-15(10-16(20)21)12-6-8-13(18)9-7-12/h2-9,15H,10H2,1H3,(H,19,22)(H,20,21)/p-1. The maximum absolute atomic E-state index is 12.3. The summed E-state index contributed by atoms with van der Waals surface area (Å²) < 4.78 is 0. The Morgan fingerprint density at radius 1 is 1.14 bits per heavy atom. The first kappa shape index (κ1) is 16.0. The molecule has 5 heteroatoms. The predicted octanol–water partition coefficient (Wildman–Crippen LogP) is 2.26. The molecule has 114 valence electrons. The van der Waals surface area contributed by atoms with Crippen LogP contribution in [0.3, 0.4) is 0 Å².